The zero-order chi connectivity index (χ0) is 17.6. The van der Waals surface area contributed by atoms with E-state index in [-0.39, 0.29) is 11.8 Å². The Morgan fingerprint density at radius 3 is 2.80 bits per heavy atom. The fraction of sp³-hybridized carbons (Fsp3) is 0.375. The first-order valence-electron chi connectivity index (χ1n) is 7.97. The van der Waals surface area contributed by atoms with Crippen molar-refractivity contribution in [1.82, 2.24) is 15.0 Å². The molecule has 0 aromatic carbocycles. The minimum absolute atomic E-state index is 0.225. The van der Waals surface area contributed by atoms with Crippen LogP contribution in [0.1, 0.15) is 11.4 Å². The summed E-state index contributed by atoms with van der Waals surface area (Å²) in [5, 5.41) is 7.13. The van der Waals surface area contributed by atoms with Crippen molar-refractivity contribution in [2.75, 3.05) is 49.0 Å². The second kappa shape index (κ2) is 7.84. The summed E-state index contributed by atoms with van der Waals surface area (Å²) in [6.45, 7) is 4.21. The van der Waals surface area contributed by atoms with E-state index < -0.39 is 5.82 Å². The number of nitrogens with one attached hydrogen (secondary N) is 2. The maximum atomic E-state index is 14.0. The highest BCUT2D eigenvalue weighted by Crippen LogP contribution is 2.18. The molecular formula is C16H20FN7O. The Hall–Kier alpha value is -2.81. The lowest BCUT2D eigenvalue weighted by Crippen LogP contribution is -2.37. The van der Waals surface area contributed by atoms with Crippen LogP contribution in [0, 0.1) is 12.7 Å². The van der Waals surface area contributed by atoms with Crippen molar-refractivity contribution in [2.24, 2.45) is 5.10 Å². The van der Waals surface area contributed by atoms with Gasteiger partial charge < -0.3 is 15.0 Å². The number of aromatic nitrogens is 3. The van der Waals surface area contributed by atoms with Crippen molar-refractivity contribution in [1.29, 1.82) is 0 Å². The Morgan fingerprint density at radius 1 is 1.28 bits per heavy atom. The molecule has 3 rings (SSSR count). The molecule has 0 aliphatic carbocycles. The summed E-state index contributed by atoms with van der Waals surface area (Å²) < 4.78 is 19.2. The minimum atomic E-state index is -0.462. The van der Waals surface area contributed by atoms with Gasteiger partial charge in [-0.15, -0.1) is 0 Å². The highest BCUT2D eigenvalue weighted by Gasteiger charge is 2.17. The Morgan fingerprint density at radius 2 is 2.08 bits per heavy atom. The molecule has 0 unspecified atom stereocenters. The zero-order valence-corrected chi connectivity index (χ0v) is 14.2. The van der Waals surface area contributed by atoms with Gasteiger partial charge in [-0.1, -0.05) is 0 Å². The van der Waals surface area contributed by atoms with Crippen LogP contribution in [0.15, 0.2) is 23.4 Å². The molecule has 1 saturated heterocycles. The van der Waals surface area contributed by atoms with E-state index in [4.69, 9.17) is 4.74 Å². The first-order chi connectivity index (χ1) is 12.2. The van der Waals surface area contributed by atoms with Crippen molar-refractivity contribution in [3.8, 4) is 0 Å². The molecule has 0 amide bonds. The van der Waals surface area contributed by atoms with Crippen molar-refractivity contribution in [3.05, 3.63) is 35.5 Å². The minimum Gasteiger partial charge on any atom is -0.387 e. The number of anilines is 3. The Kier molecular flexibility index (Phi) is 5.34. The van der Waals surface area contributed by atoms with Crippen LogP contribution in [0.4, 0.5) is 21.8 Å². The van der Waals surface area contributed by atoms with Crippen LogP contribution >= 0.6 is 0 Å². The average Bonchev–Trinajstić information content (AvgIpc) is 2.64. The van der Waals surface area contributed by atoms with E-state index in [0.29, 0.717) is 32.0 Å². The van der Waals surface area contributed by atoms with Gasteiger partial charge in [0.1, 0.15) is 0 Å². The summed E-state index contributed by atoms with van der Waals surface area (Å²) in [7, 11) is 1.84. The number of hydrogen-bond acceptors (Lipinski definition) is 8. The summed E-state index contributed by atoms with van der Waals surface area (Å²) in [6.07, 6.45) is 2.70. The normalized spacial score (nSPS) is 14.8. The molecule has 2 aromatic rings. The molecule has 0 saturated carbocycles. The third-order valence-electron chi connectivity index (χ3n) is 3.77. The number of nitrogens with zero attached hydrogens (tertiary/aromatic N) is 5. The number of hydrogen-bond donors (Lipinski definition) is 2. The fourth-order valence-electron chi connectivity index (χ4n) is 2.48. The summed E-state index contributed by atoms with van der Waals surface area (Å²) in [4.78, 5) is 14.3. The van der Waals surface area contributed by atoms with E-state index in [9.17, 15) is 4.39 Å². The van der Waals surface area contributed by atoms with E-state index in [0.717, 1.165) is 17.6 Å². The maximum Gasteiger partial charge on any atom is 0.245 e. The Bertz CT molecular complexity index is 762. The second-order valence-corrected chi connectivity index (χ2v) is 5.45. The van der Waals surface area contributed by atoms with Crippen molar-refractivity contribution >= 4 is 23.7 Å². The molecule has 25 heavy (non-hydrogen) atoms. The fourth-order valence-corrected chi connectivity index (χ4v) is 2.48. The number of halogens is 1. The monoisotopic (exact) mass is 345 g/mol. The molecule has 1 aliphatic heterocycles. The van der Waals surface area contributed by atoms with Gasteiger partial charge in [0.05, 0.1) is 42.7 Å². The van der Waals surface area contributed by atoms with Crippen molar-refractivity contribution in [2.45, 2.75) is 6.92 Å². The molecule has 132 valence electrons. The lowest BCUT2D eigenvalue weighted by molar-refractivity contribution is 0.122. The molecular weight excluding hydrogens is 325 g/mol. The average molecular weight is 345 g/mol. The van der Waals surface area contributed by atoms with Gasteiger partial charge in [0.25, 0.3) is 0 Å². The summed E-state index contributed by atoms with van der Waals surface area (Å²) in [6, 6.07) is 3.77. The van der Waals surface area contributed by atoms with Gasteiger partial charge >= 0.3 is 0 Å². The Labute approximate surface area is 145 Å². The van der Waals surface area contributed by atoms with Crippen LogP contribution in [0.3, 0.4) is 0 Å². The van der Waals surface area contributed by atoms with Crippen molar-refractivity contribution < 1.29 is 9.13 Å². The number of pyridine rings is 1. The Balaban J connectivity index is 1.69. The van der Waals surface area contributed by atoms with Gasteiger partial charge in [0.15, 0.2) is 11.6 Å². The summed E-state index contributed by atoms with van der Waals surface area (Å²) >= 11 is 0. The molecule has 2 N–H and O–H groups in total. The highest BCUT2D eigenvalue weighted by atomic mass is 19.1. The number of aryl methyl sites for hydroxylation is 1. The van der Waals surface area contributed by atoms with Gasteiger partial charge in [0, 0.05) is 20.1 Å². The van der Waals surface area contributed by atoms with Gasteiger partial charge in [-0.3, -0.25) is 0 Å². The third-order valence-corrected chi connectivity index (χ3v) is 3.77. The molecule has 0 spiro atoms. The third kappa shape index (κ3) is 4.18. The molecule has 9 heteroatoms. The van der Waals surface area contributed by atoms with E-state index in [1.807, 2.05) is 31.0 Å². The molecule has 0 radical (unpaired) electrons. The molecule has 2 aromatic heterocycles. The summed E-state index contributed by atoms with van der Waals surface area (Å²) in [5.74, 6) is 0.0161. The molecule has 8 nitrogen and oxygen atoms in total. The molecule has 1 fully saturated rings. The predicted molar refractivity (Wildman–Crippen MR) is 94.8 cm³/mol. The van der Waals surface area contributed by atoms with Gasteiger partial charge in [-0.2, -0.15) is 10.1 Å². The number of rotatable bonds is 5. The van der Waals surface area contributed by atoms with Crippen LogP contribution in [-0.2, 0) is 4.74 Å². The number of ether oxygens (including phenoxy) is 1. The molecule has 1 aliphatic rings. The molecule has 0 atom stereocenters. The lowest BCUT2D eigenvalue weighted by atomic mass is 10.3. The molecule has 3 heterocycles. The van der Waals surface area contributed by atoms with Gasteiger partial charge in [-0.05, 0) is 19.1 Å². The van der Waals surface area contributed by atoms with Crippen LogP contribution in [0.5, 0.6) is 0 Å². The zero-order valence-electron chi connectivity index (χ0n) is 14.2. The van der Waals surface area contributed by atoms with Crippen molar-refractivity contribution in [3.63, 3.8) is 0 Å². The number of hydrazone groups is 1. The van der Waals surface area contributed by atoms with Crippen LogP contribution in [0.2, 0.25) is 0 Å². The van der Waals surface area contributed by atoms with Crippen LogP contribution in [0.25, 0.3) is 0 Å². The van der Waals surface area contributed by atoms with Crippen LogP contribution < -0.4 is 15.6 Å². The quantitative estimate of drug-likeness (QED) is 0.629. The van der Waals surface area contributed by atoms with Gasteiger partial charge in [0.2, 0.25) is 5.95 Å². The maximum absolute atomic E-state index is 14.0. The highest BCUT2D eigenvalue weighted by molar-refractivity contribution is 5.78. The first kappa shape index (κ1) is 17.0. The summed E-state index contributed by atoms with van der Waals surface area (Å²) in [5.41, 5.74) is 5.24. The van der Waals surface area contributed by atoms with Crippen LogP contribution in [-0.4, -0.2) is 54.5 Å². The smallest absolute Gasteiger partial charge is 0.245 e. The van der Waals surface area contributed by atoms with Gasteiger partial charge in [-0.25, -0.2) is 19.8 Å². The topological polar surface area (TPSA) is 87.6 Å². The standard InChI is InChI=1S/C16H20FN7O/c1-11-14(18-2)4-3-12(21-11)9-20-23-16-19-10-13(17)15(22-16)24-5-7-25-8-6-24/h3-4,9-10,18H,5-8H2,1-2H3,(H,19,22,23)/b20-9+. The predicted octanol–water partition coefficient (Wildman–Crippen LogP) is 1.64. The van der Waals surface area contributed by atoms with E-state index in [1.54, 1.807) is 6.21 Å². The molecule has 0 bridgehead atoms. The van der Waals surface area contributed by atoms with E-state index in [2.05, 4.69) is 30.8 Å². The van der Waals surface area contributed by atoms with E-state index >= 15 is 0 Å². The SMILES string of the molecule is CNc1ccc(/C=N/Nc2ncc(F)c(N3CCOCC3)n2)nc1C. The largest absolute Gasteiger partial charge is 0.387 e. The first-order valence-corrected chi connectivity index (χ1v) is 7.97. The van der Waals surface area contributed by atoms with E-state index in [1.165, 1.54) is 0 Å². The number of morpholine rings is 1. The second-order valence-electron chi connectivity index (χ2n) is 5.45. The lowest BCUT2D eigenvalue weighted by Gasteiger charge is -2.27.